The van der Waals surface area contributed by atoms with Crippen LogP contribution in [0.5, 0.6) is 5.75 Å². The normalized spacial score (nSPS) is 20.8. The number of rotatable bonds is 4. The Morgan fingerprint density at radius 2 is 1.66 bits per heavy atom. The van der Waals surface area contributed by atoms with Crippen LogP contribution in [0.2, 0.25) is 5.02 Å². The van der Waals surface area contributed by atoms with E-state index in [2.05, 4.69) is 64.8 Å². The van der Waals surface area contributed by atoms with E-state index in [1.807, 2.05) is 12.1 Å². The van der Waals surface area contributed by atoms with Gasteiger partial charge in [0.2, 0.25) is 0 Å². The summed E-state index contributed by atoms with van der Waals surface area (Å²) in [5.74, 6) is 0.276. The third kappa shape index (κ3) is 4.58. The van der Waals surface area contributed by atoms with Crippen LogP contribution in [0.25, 0.3) is 0 Å². The number of nitrogens with one attached hydrogen (secondary N) is 1. The van der Waals surface area contributed by atoms with Crippen molar-refractivity contribution in [2.45, 2.75) is 37.5 Å². The standard InChI is InChI=1S/C27H28ClN3O/c28-22-11-12-26(32)23(17-22)25-18-24(21-9-5-2-6-10-21)29-27(30-25)13-15-31(16-14-27)19-20-7-3-1-4-8-20/h1-12,17,25,30,32H,13-16,18-19H2. The van der Waals surface area contributed by atoms with Crippen LogP contribution in [-0.2, 0) is 6.54 Å². The first kappa shape index (κ1) is 21.2. The molecule has 3 aromatic carbocycles. The van der Waals surface area contributed by atoms with Crippen molar-refractivity contribution in [3.05, 3.63) is 101 Å². The smallest absolute Gasteiger partial charge is 0.120 e. The number of phenols is 1. The van der Waals surface area contributed by atoms with Crippen LogP contribution in [0.15, 0.2) is 83.9 Å². The largest absolute Gasteiger partial charge is 0.508 e. The summed E-state index contributed by atoms with van der Waals surface area (Å²) in [6.07, 6.45) is 2.56. The van der Waals surface area contributed by atoms with E-state index in [4.69, 9.17) is 16.6 Å². The highest BCUT2D eigenvalue weighted by Gasteiger charge is 2.40. The minimum Gasteiger partial charge on any atom is -0.508 e. The molecule has 4 nitrogen and oxygen atoms in total. The van der Waals surface area contributed by atoms with E-state index in [1.54, 1.807) is 12.1 Å². The monoisotopic (exact) mass is 445 g/mol. The number of benzene rings is 3. The quantitative estimate of drug-likeness (QED) is 0.552. The summed E-state index contributed by atoms with van der Waals surface area (Å²) >= 11 is 6.29. The third-order valence-electron chi connectivity index (χ3n) is 6.59. The Hall–Kier alpha value is -2.66. The lowest BCUT2D eigenvalue weighted by atomic mass is 9.87. The van der Waals surface area contributed by atoms with Crippen molar-refractivity contribution >= 4 is 17.3 Å². The number of phenolic OH excluding ortho intramolecular Hbond substituents is 1. The van der Waals surface area contributed by atoms with Crippen LogP contribution in [0.1, 0.15) is 42.0 Å². The number of likely N-dealkylation sites (tertiary alicyclic amines) is 1. The van der Waals surface area contributed by atoms with Gasteiger partial charge in [-0.3, -0.25) is 15.2 Å². The molecule has 2 aliphatic rings. The van der Waals surface area contributed by atoms with Crippen molar-refractivity contribution in [2.24, 2.45) is 4.99 Å². The molecule has 2 aliphatic heterocycles. The van der Waals surface area contributed by atoms with E-state index in [9.17, 15) is 5.11 Å². The van der Waals surface area contributed by atoms with Gasteiger partial charge in [-0.2, -0.15) is 0 Å². The molecule has 3 aromatic rings. The van der Waals surface area contributed by atoms with Crippen molar-refractivity contribution < 1.29 is 5.11 Å². The maximum absolute atomic E-state index is 10.6. The van der Waals surface area contributed by atoms with Gasteiger partial charge >= 0.3 is 0 Å². The zero-order valence-electron chi connectivity index (χ0n) is 18.0. The van der Waals surface area contributed by atoms with Gasteiger partial charge in [0.05, 0.1) is 0 Å². The molecule has 2 N–H and O–H groups in total. The Morgan fingerprint density at radius 1 is 0.969 bits per heavy atom. The van der Waals surface area contributed by atoms with Crippen LogP contribution < -0.4 is 5.32 Å². The second kappa shape index (κ2) is 9.07. The van der Waals surface area contributed by atoms with Gasteiger partial charge in [0.1, 0.15) is 11.4 Å². The van der Waals surface area contributed by atoms with Crippen LogP contribution >= 0.6 is 11.6 Å². The number of hydrogen-bond acceptors (Lipinski definition) is 4. The van der Waals surface area contributed by atoms with Crippen LogP contribution in [0.3, 0.4) is 0 Å². The Bertz CT molecular complexity index is 1090. The van der Waals surface area contributed by atoms with Gasteiger partial charge in [0.15, 0.2) is 0 Å². The van der Waals surface area contributed by atoms with Crippen LogP contribution in [-0.4, -0.2) is 34.5 Å². The molecule has 0 amide bonds. The van der Waals surface area contributed by atoms with Crippen molar-refractivity contribution in [1.29, 1.82) is 0 Å². The number of aromatic hydroxyl groups is 1. The first-order chi connectivity index (χ1) is 15.6. The predicted molar refractivity (Wildman–Crippen MR) is 130 cm³/mol. The molecule has 1 unspecified atom stereocenters. The molecule has 1 fully saturated rings. The Balaban J connectivity index is 1.42. The summed E-state index contributed by atoms with van der Waals surface area (Å²) in [6.45, 7) is 2.91. The third-order valence-corrected chi connectivity index (χ3v) is 6.83. The van der Waals surface area contributed by atoms with Crippen molar-refractivity contribution in [3.8, 4) is 5.75 Å². The van der Waals surface area contributed by atoms with Gasteiger partial charge in [-0.05, 0) is 42.2 Å². The molecule has 1 atom stereocenters. The number of aliphatic imine (C=N–C) groups is 1. The first-order valence-electron chi connectivity index (χ1n) is 11.3. The summed E-state index contributed by atoms with van der Waals surface area (Å²) in [5, 5.41) is 15.0. The lowest BCUT2D eigenvalue weighted by Crippen LogP contribution is -2.55. The molecule has 1 spiro atoms. The Labute approximate surface area is 194 Å². The van der Waals surface area contributed by atoms with Gasteiger partial charge in [-0.15, -0.1) is 0 Å². The molecule has 0 aliphatic carbocycles. The maximum Gasteiger partial charge on any atom is 0.120 e. The molecule has 0 aromatic heterocycles. The van der Waals surface area contributed by atoms with Gasteiger partial charge in [0.25, 0.3) is 0 Å². The molecule has 1 saturated heterocycles. The summed E-state index contributed by atoms with van der Waals surface area (Å²) in [5.41, 5.74) is 4.08. The van der Waals surface area contributed by atoms with Crippen LogP contribution in [0.4, 0.5) is 0 Å². The molecule has 164 valence electrons. The van der Waals surface area contributed by atoms with Crippen molar-refractivity contribution in [3.63, 3.8) is 0 Å². The molecule has 0 bridgehead atoms. The van der Waals surface area contributed by atoms with Gasteiger partial charge in [-0.25, -0.2) is 0 Å². The lowest BCUT2D eigenvalue weighted by molar-refractivity contribution is 0.120. The lowest BCUT2D eigenvalue weighted by Gasteiger charge is -2.45. The first-order valence-corrected chi connectivity index (χ1v) is 11.6. The fourth-order valence-corrected chi connectivity index (χ4v) is 5.07. The zero-order valence-corrected chi connectivity index (χ0v) is 18.8. The molecule has 5 rings (SSSR count). The van der Waals surface area contributed by atoms with Crippen molar-refractivity contribution in [2.75, 3.05) is 13.1 Å². The average Bonchev–Trinajstić information content (AvgIpc) is 2.83. The number of hydrogen-bond donors (Lipinski definition) is 2. The molecule has 2 heterocycles. The van der Waals surface area contributed by atoms with E-state index in [0.717, 1.165) is 49.3 Å². The van der Waals surface area contributed by atoms with E-state index in [0.29, 0.717) is 11.4 Å². The minimum atomic E-state index is -0.337. The number of halogens is 1. The van der Waals surface area contributed by atoms with Gasteiger partial charge < -0.3 is 5.11 Å². The molecular formula is C27H28ClN3O. The summed E-state index contributed by atoms with van der Waals surface area (Å²) in [7, 11) is 0. The van der Waals surface area contributed by atoms with Crippen molar-refractivity contribution in [1.82, 2.24) is 10.2 Å². The van der Waals surface area contributed by atoms with Crippen LogP contribution in [0, 0.1) is 0 Å². The second-order valence-corrected chi connectivity index (χ2v) is 9.26. The molecule has 0 saturated carbocycles. The minimum absolute atomic E-state index is 0.0397. The van der Waals surface area contributed by atoms with E-state index >= 15 is 0 Å². The summed E-state index contributed by atoms with van der Waals surface area (Å²) < 4.78 is 0. The van der Waals surface area contributed by atoms with E-state index in [1.165, 1.54) is 5.56 Å². The van der Waals surface area contributed by atoms with Gasteiger partial charge in [-0.1, -0.05) is 72.3 Å². The predicted octanol–water partition coefficient (Wildman–Crippen LogP) is 5.56. The fourth-order valence-electron chi connectivity index (χ4n) is 4.89. The molecule has 0 radical (unpaired) electrons. The number of piperidine rings is 1. The highest BCUT2D eigenvalue weighted by Crippen LogP contribution is 2.38. The second-order valence-electron chi connectivity index (χ2n) is 8.82. The number of nitrogens with zero attached hydrogens (tertiary/aromatic N) is 2. The fraction of sp³-hybridized carbons (Fsp3) is 0.296. The highest BCUT2D eigenvalue weighted by atomic mass is 35.5. The van der Waals surface area contributed by atoms with E-state index < -0.39 is 0 Å². The highest BCUT2D eigenvalue weighted by molar-refractivity contribution is 6.30. The SMILES string of the molecule is Oc1ccc(Cl)cc1C1CC(c2ccccc2)=NC2(CCN(Cc3ccccc3)CC2)N1. The molecule has 5 heteroatoms. The average molecular weight is 446 g/mol. The molecular weight excluding hydrogens is 418 g/mol. The summed E-state index contributed by atoms with van der Waals surface area (Å²) in [4.78, 5) is 7.78. The Morgan fingerprint density at radius 3 is 2.38 bits per heavy atom. The zero-order chi connectivity index (χ0) is 22.0. The Kier molecular flexibility index (Phi) is 6.01. The summed E-state index contributed by atoms with van der Waals surface area (Å²) in [6, 6.07) is 26.3. The van der Waals surface area contributed by atoms with Gasteiger partial charge in [0, 0.05) is 48.4 Å². The topological polar surface area (TPSA) is 47.9 Å². The van der Waals surface area contributed by atoms with E-state index in [-0.39, 0.29) is 17.5 Å². The molecule has 32 heavy (non-hydrogen) atoms. The maximum atomic E-state index is 10.6.